The Hall–Kier alpha value is -2.75. The predicted octanol–water partition coefficient (Wildman–Crippen LogP) is 1.97. The summed E-state index contributed by atoms with van der Waals surface area (Å²) in [5, 5.41) is 14.7. The van der Waals surface area contributed by atoms with Crippen LogP contribution in [0.3, 0.4) is 0 Å². The maximum Gasteiger partial charge on any atom is 0.223 e. The van der Waals surface area contributed by atoms with Crippen molar-refractivity contribution in [3.8, 4) is 6.19 Å². The molecule has 0 radical (unpaired) electrons. The average Bonchev–Trinajstić information content (AvgIpc) is 3.39. The highest BCUT2D eigenvalue weighted by molar-refractivity contribution is 5.80. The number of allylic oxidation sites excluding steroid dienone is 1. The molecular formula is C21H26N6O. The number of amides is 1. The largest absolute Gasteiger partial charge is 0.351 e. The van der Waals surface area contributed by atoms with Crippen molar-refractivity contribution in [1.82, 2.24) is 20.6 Å². The van der Waals surface area contributed by atoms with Crippen LogP contribution in [0.5, 0.6) is 0 Å². The van der Waals surface area contributed by atoms with E-state index in [2.05, 4.69) is 26.9 Å². The van der Waals surface area contributed by atoms with Gasteiger partial charge in [-0.25, -0.2) is 4.98 Å². The molecule has 7 heteroatoms. The molecular weight excluding hydrogens is 352 g/mol. The van der Waals surface area contributed by atoms with Crippen molar-refractivity contribution in [3.63, 3.8) is 0 Å². The summed E-state index contributed by atoms with van der Waals surface area (Å²) in [7, 11) is 0. The van der Waals surface area contributed by atoms with Gasteiger partial charge in [0.25, 0.3) is 0 Å². The SMILES string of the molecule is Cc1cccc(N2CC3=C(CC[C@H](C(=O)N[C@@H]4C[C@@H]5CC[C@H]4N5C#N)C3)N2)n1. The van der Waals surface area contributed by atoms with Crippen LogP contribution in [0.2, 0.25) is 0 Å². The number of aryl methyl sites for hydroxylation is 1. The van der Waals surface area contributed by atoms with E-state index in [1.165, 1.54) is 11.3 Å². The smallest absolute Gasteiger partial charge is 0.223 e. The summed E-state index contributed by atoms with van der Waals surface area (Å²) in [4.78, 5) is 19.4. The Morgan fingerprint density at radius 3 is 3.04 bits per heavy atom. The second-order valence-electron chi connectivity index (χ2n) is 8.51. The molecule has 0 saturated carbocycles. The number of anilines is 1. The normalized spacial score (nSPS) is 30.9. The summed E-state index contributed by atoms with van der Waals surface area (Å²) in [5.41, 5.74) is 7.05. The Kier molecular flexibility index (Phi) is 4.15. The molecule has 0 unspecified atom stereocenters. The minimum Gasteiger partial charge on any atom is -0.351 e. The zero-order valence-electron chi connectivity index (χ0n) is 16.2. The Morgan fingerprint density at radius 2 is 2.25 bits per heavy atom. The van der Waals surface area contributed by atoms with E-state index in [0.29, 0.717) is 6.04 Å². The van der Waals surface area contributed by atoms with Gasteiger partial charge in [0, 0.05) is 23.4 Å². The second kappa shape index (κ2) is 6.69. The number of nitrogens with one attached hydrogen (secondary N) is 2. The van der Waals surface area contributed by atoms with Crippen molar-refractivity contribution in [1.29, 1.82) is 5.26 Å². The molecule has 1 aromatic heterocycles. The molecule has 146 valence electrons. The molecule has 1 amide bonds. The molecule has 28 heavy (non-hydrogen) atoms. The average molecular weight is 378 g/mol. The third-order valence-corrected chi connectivity index (χ3v) is 6.78. The molecule has 4 aliphatic rings. The molecule has 1 aromatic rings. The third kappa shape index (κ3) is 2.88. The first-order valence-corrected chi connectivity index (χ1v) is 10.3. The Balaban J connectivity index is 1.21. The Morgan fingerprint density at radius 1 is 1.36 bits per heavy atom. The minimum atomic E-state index is 0.0284. The maximum atomic E-state index is 12.9. The fourth-order valence-corrected chi connectivity index (χ4v) is 5.35. The molecule has 1 aliphatic carbocycles. The number of aromatic nitrogens is 1. The lowest BCUT2D eigenvalue weighted by atomic mass is 9.86. The van der Waals surface area contributed by atoms with Crippen LogP contribution in [0.4, 0.5) is 5.82 Å². The Labute approximate surface area is 165 Å². The number of nitrogens with zero attached hydrogens (tertiary/aromatic N) is 4. The molecule has 4 heterocycles. The van der Waals surface area contributed by atoms with Crippen molar-refractivity contribution in [3.05, 3.63) is 35.2 Å². The first-order chi connectivity index (χ1) is 13.6. The Bertz CT molecular complexity index is 874. The van der Waals surface area contributed by atoms with E-state index in [1.807, 2.05) is 30.0 Å². The lowest BCUT2D eigenvalue weighted by Gasteiger charge is -2.27. The quantitative estimate of drug-likeness (QED) is 0.783. The second-order valence-corrected chi connectivity index (χ2v) is 8.51. The standard InChI is InChI=1S/C21H26N6O/c1-13-3-2-4-20(23-13)27-11-15-9-14(5-7-17(15)25-27)21(28)24-18-10-16-6-8-19(18)26(16)12-22/h2-4,14,16,18-19,25H,5-11H2,1H3,(H,24,28)/t14-,16-,18+,19+/m0/s1. The fraction of sp³-hybridized carbons (Fsp3) is 0.571. The predicted molar refractivity (Wildman–Crippen MR) is 105 cm³/mol. The van der Waals surface area contributed by atoms with Gasteiger partial charge < -0.3 is 15.6 Å². The highest BCUT2D eigenvalue weighted by Crippen LogP contribution is 2.38. The summed E-state index contributed by atoms with van der Waals surface area (Å²) in [6.45, 7) is 2.78. The minimum absolute atomic E-state index is 0.0284. The van der Waals surface area contributed by atoms with E-state index in [-0.39, 0.29) is 23.9 Å². The lowest BCUT2D eigenvalue weighted by molar-refractivity contribution is -0.126. The molecule has 0 spiro atoms. The topological polar surface area (TPSA) is 84.3 Å². The summed E-state index contributed by atoms with van der Waals surface area (Å²) < 4.78 is 0. The zero-order valence-corrected chi connectivity index (χ0v) is 16.2. The van der Waals surface area contributed by atoms with E-state index >= 15 is 0 Å². The molecule has 7 nitrogen and oxygen atoms in total. The monoisotopic (exact) mass is 378 g/mol. The van der Waals surface area contributed by atoms with Gasteiger partial charge in [-0.15, -0.1) is 0 Å². The van der Waals surface area contributed by atoms with Crippen molar-refractivity contribution in [2.45, 2.75) is 63.6 Å². The van der Waals surface area contributed by atoms with Gasteiger partial charge >= 0.3 is 0 Å². The summed E-state index contributed by atoms with van der Waals surface area (Å²) in [5.74, 6) is 1.11. The number of rotatable bonds is 3. The van der Waals surface area contributed by atoms with Crippen molar-refractivity contribution < 1.29 is 4.79 Å². The zero-order chi connectivity index (χ0) is 19.3. The van der Waals surface area contributed by atoms with Crippen LogP contribution >= 0.6 is 0 Å². The summed E-state index contributed by atoms with van der Waals surface area (Å²) >= 11 is 0. The summed E-state index contributed by atoms with van der Waals surface area (Å²) in [6, 6.07) is 6.70. The summed E-state index contributed by atoms with van der Waals surface area (Å²) in [6.07, 6.45) is 7.91. The van der Waals surface area contributed by atoms with Gasteiger partial charge in [0.1, 0.15) is 5.82 Å². The molecule has 5 rings (SSSR count). The number of hydrogen-bond acceptors (Lipinski definition) is 6. The third-order valence-electron chi connectivity index (χ3n) is 6.78. The number of hydrazine groups is 1. The first kappa shape index (κ1) is 17.4. The number of fused-ring (bicyclic) bond motifs is 2. The van der Waals surface area contributed by atoms with Gasteiger partial charge in [-0.3, -0.25) is 9.80 Å². The number of carbonyl (C=O) groups is 1. The van der Waals surface area contributed by atoms with E-state index in [0.717, 1.165) is 56.6 Å². The van der Waals surface area contributed by atoms with Crippen LogP contribution in [0.25, 0.3) is 0 Å². The molecule has 3 aliphatic heterocycles. The highest BCUT2D eigenvalue weighted by atomic mass is 16.2. The van der Waals surface area contributed by atoms with E-state index in [9.17, 15) is 10.1 Å². The van der Waals surface area contributed by atoms with Crippen LogP contribution in [0.15, 0.2) is 29.5 Å². The van der Waals surface area contributed by atoms with Crippen LogP contribution in [-0.4, -0.2) is 40.5 Å². The maximum absolute atomic E-state index is 12.9. The molecule has 2 fully saturated rings. The van der Waals surface area contributed by atoms with Gasteiger partial charge in [-0.2, -0.15) is 5.26 Å². The number of pyridine rings is 1. The van der Waals surface area contributed by atoms with Crippen LogP contribution in [0, 0.1) is 24.3 Å². The van der Waals surface area contributed by atoms with E-state index in [1.54, 1.807) is 0 Å². The van der Waals surface area contributed by atoms with Crippen LogP contribution in [0.1, 0.15) is 44.2 Å². The highest BCUT2D eigenvalue weighted by Gasteiger charge is 2.47. The van der Waals surface area contributed by atoms with Gasteiger partial charge in [-0.05, 0) is 63.2 Å². The molecule has 2 saturated heterocycles. The number of carbonyl (C=O) groups excluding carboxylic acids is 1. The van der Waals surface area contributed by atoms with Gasteiger partial charge in [0.05, 0.1) is 18.6 Å². The van der Waals surface area contributed by atoms with Crippen molar-refractivity contribution in [2.75, 3.05) is 11.6 Å². The fourth-order valence-electron chi connectivity index (χ4n) is 5.35. The van der Waals surface area contributed by atoms with Gasteiger partial charge in [-0.1, -0.05) is 6.07 Å². The van der Waals surface area contributed by atoms with E-state index in [4.69, 9.17) is 0 Å². The van der Waals surface area contributed by atoms with Crippen LogP contribution in [-0.2, 0) is 4.79 Å². The van der Waals surface area contributed by atoms with Gasteiger partial charge in [0.2, 0.25) is 5.91 Å². The van der Waals surface area contributed by atoms with Crippen molar-refractivity contribution in [2.24, 2.45) is 5.92 Å². The van der Waals surface area contributed by atoms with E-state index < -0.39 is 0 Å². The number of hydrogen-bond donors (Lipinski definition) is 2. The molecule has 2 N–H and O–H groups in total. The van der Waals surface area contributed by atoms with Gasteiger partial charge in [0.15, 0.2) is 6.19 Å². The molecule has 0 aromatic carbocycles. The van der Waals surface area contributed by atoms with Crippen molar-refractivity contribution >= 4 is 11.7 Å². The lowest BCUT2D eigenvalue weighted by Crippen LogP contribution is -2.45. The number of nitriles is 1. The molecule has 4 atom stereocenters. The molecule has 2 bridgehead atoms. The van der Waals surface area contributed by atoms with Crippen LogP contribution < -0.4 is 15.8 Å². The first-order valence-electron chi connectivity index (χ1n) is 10.3.